The molecule has 4 aromatic rings. The number of ether oxygens (including phenoxy) is 1. The molecule has 1 aliphatic heterocycles. The van der Waals surface area contributed by atoms with E-state index in [-0.39, 0.29) is 16.5 Å². The van der Waals surface area contributed by atoms with Crippen LogP contribution in [0.2, 0.25) is 0 Å². The minimum Gasteiger partial charge on any atom is -0.507 e. The molecular formula is C28H23FN2O4S. The highest BCUT2D eigenvalue weighted by Gasteiger charge is 2.48. The number of Topliss-reactive ketones (excluding diaryl/α,β-unsaturated/α-hetero) is 1. The van der Waals surface area contributed by atoms with Crippen molar-refractivity contribution >= 4 is 44.1 Å². The van der Waals surface area contributed by atoms with E-state index < -0.39 is 23.5 Å². The number of nitrogens with zero attached hydrogens (tertiary/aromatic N) is 2. The van der Waals surface area contributed by atoms with Crippen LogP contribution in [0.3, 0.4) is 0 Å². The van der Waals surface area contributed by atoms with Gasteiger partial charge >= 0.3 is 5.91 Å². The summed E-state index contributed by atoms with van der Waals surface area (Å²) < 4.78 is 19.5. The first-order valence-electron chi connectivity index (χ1n) is 11.4. The maximum Gasteiger partial charge on any atom is 0.301 e. The molecule has 1 fully saturated rings. The molecule has 1 N–H and O–H groups in total. The molecule has 0 aliphatic carbocycles. The van der Waals surface area contributed by atoms with Crippen molar-refractivity contribution in [3.8, 4) is 5.75 Å². The van der Waals surface area contributed by atoms with Crippen LogP contribution in [0.5, 0.6) is 5.75 Å². The van der Waals surface area contributed by atoms with Crippen molar-refractivity contribution < 1.29 is 23.8 Å². The molecular weight excluding hydrogens is 479 g/mol. The summed E-state index contributed by atoms with van der Waals surface area (Å²) in [5.41, 5.74) is 2.61. The number of aliphatic hydroxyl groups is 1. The van der Waals surface area contributed by atoms with Crippen LogP contribution in [0.25, 0.3) is 16.0 Å². The fourth-order valence-corrected chi connectivity index (χ4v) is 5.32. The quantitative estimate of drug-likeness (QED) is 0.200. The van der Waals surface area contributed by atoms with Crippen LogP contribution in [0, 0.1) is 5.82 Å². The third kappa shape index (κ3) is 4.03. The molecule has 182 valence electrons. The van der Waals surface area contributed by atoms with Crippen molar-refractivity contribution in [2.75, 3.05) is 12.0 Å². The van der Waals surface area contributed by atoms with E-state index in [0.717, 1.165) is 16.9 Å². The lowest BCUT2D eigenvalue weighted by molar-refractivity contribution is -0.132. The lowest BCUT2D eigenvalue weighted by atomic mass is 9.93. The number of halogens is 1. The predicted octanol–water partition coefficient (Wildman–Crippen LogP) is 6.19. The second kappa shape index (κ2) is 9.20. The topological polar surface area (TPSA) is 79.7 Å². The molecule has 0 bridgehead atoms. The number of aromatic nitrogens is 1. The van der Waals surface area contributed by atoms with Crippen LogP contribution in [0.4, 0.5) is 9.52 Å². The molecule has 0 unspecified atom stereocenters. The number of carbonyl (C=O) groups excluding carboxylic acids is 2. The molecule has 3 aromatic carbocycles. The molecule has 0 radical (unpaired) electrons. The number of thiazole rings is 1. The average molecular weight is 503 g/mol. The molecule has 1 atom stereocenters. The number of amides is 1. The van der Waals surface area contributed by atoms with Gasteiger partial charge in [-0.2, -0.15) is 0 Å². The molecule has 5 rings (SSSR count). The minimum atomic E-state index is -0.904. The standard InChI is InChI=1S/C28H23FN2O4S/c1-15(2)16-4-6-17(7-5-16)24-23(25(32)18-8-11-20(35-3)12-9-18)26(33)27(34)31(24)28-30-21-13-10-19(29)14-22(21)36-28/h4-15,24,32H,1-3H3/b25-23+/t24-/m1/s1. The van der Waals surface area contributed by atoms with Crippen molar-refractivity contribution in [3.63, 3.8) is 0 Å². The molecule has 2 heterocycles. The van der Waals surface area contributed by atoms with Crippen LogP contribution >= 0.6 is 11.3 Å². The summed E-state index contributed by atoms with van der Waals surface area (Å²) in [4.78, 5) is 32.5. The summed E-state index contributed by atoms with van der Waals surface area (Å²) in [6.07, 6.45) is 0. The van der Waals surface area contributed by atoms with Crippen molar-refractivity contribution in [1.82, 2.24) is 4.98 Å². The number of carbonyl (C=O) groups is 2. The van der Waals surface area contributed by atoms with Gasteiger partial charge in [0.1, 0.15) is 17.3 Å². The maximum atomic E-state index is 13.8. The van der Waals surface area contributed by atoms with Gasteiger partial charge in [-0.1, -0.05) is 49.4 Å². The molecule has 1 aromatic heterocycles. The first-order valence-corrected chi connectivity index (χ1v) is 12.2. The third-order valence-electron chi connectivity index (χ3n) is 6.27. The second-order valence-electron chi connectivity index (χ2n) is 8.83. The van der Waals surface area contributed by atoms with Crippen LogP contribution in [-0.4, -0.2) is 28.9 Å². The van der Waals surface area contributed by atoms with Gasteiger partial charge in [-0.3, -0.25) is 14.5 Å². The number of methoxy groups -OCH3 is 1. The lowest BCUT2D eigenvalue weighted by Gasteiger charge is -2.23. The Morgan fingerprint density at radius 3 is 2.39 bits per heavy atom. The van der Waals surface area contributed by atoms with E-state index >= 15 is 0 Å². The van der Waals surface area contributed by atoms with Gasteiger partial charge in [-0.05, 0) is 59.5 Å². The average Bonchev–Trinajstić information content (AvgIpc) is 3.41. The van der Waals surface area contributed by atoms with Crippen molar-refractivity contribution in [3.05, 3.63) is 94.8 Å². The van der Waals surface area contributed by atoms with Gasteiger partial charge in [0.25, 0.3) is 5.78 Å². The van der Waals surface area contributed by atoms with E-state index in [2.05, 4.69) is 18.8 Å². The van der Waals surface area contributed by atoms with Gasteiger partial charge in [0.05, 0.1) is 28.9 Å². The van der Waals surface area contributed by atoms with E-state index in [1.165, 1.54) is 30.2 Å². The van der Waals surface area contributed by atoms with Gasteiger partial charge < -0.3 is 9.84 Å². The van der Waals surface area contributed by atoms with Crippen LogP contribution < -0.4 is 9.64 Å². The Balaban J connectivity index is 1.70. The van der Waals surface area contributed by atoms with Gasteiger partial charge in [0.2, 0.25) is 0 Å². The number of fused-ring (bicyclic) bond motifs is 1. The van der Waals surface area contributed by atoms with Gasteiger partial charge in [-0.15, -0.1) is 0 Å². The Labute approximate surface area is 211 Å². The van der Waals surface area contributed by atoms with Crippen LogP contribution in [0.1, 0.15) is 42.5 Å². The Morgan fingerprint density at radius 2 is 1.75 bits per heavy atom. The Hall–Kier alpha value is -4.04. The summed E-state index contributed by atoms with van der Waals surface area (Å²) >= 11 is 1.12. The van der Waals surface area contributed by atoms with E-state index in [0.29, 0.717) is 33.0 Å². The highest BCUT2D eigenvalue weighted by Crippen LogP contribution is 2.44. The highest BCUT2D eigenvalue weighted by atomic mass is 32.1. The van der Waals surface area contributed by atoms with Crippen molar-refractivity contribution in [2.45, 2.75) is 25.8 Å². The lowest BCUT2D eigenvalue weighted by Crippen LogP contribution is -2.29. The molecule has 1 saturated heterocycles. The largest absolute Gasteiger partial charge is 0.507 e. The zero-order valence-corrected chi connectivity index (χ0v) is 20.7. The van der Waals surface area contributed by atoms with Crippen LogP contribution in [-0.2, 0) is 9.59 Å². The van der Waals surface area contributed by atoms with E-state index in [1.54, 1.807) is 24.3 Å². The molecule has 1 amide bonds. The van der Waals surface area contributed by atoms with E-state index in [4.69, 9.17) is 4.74 Å². The van der Waals surface area contributed by atoms with E-state index in [1.807, 2.05) is 24.3 Å². The molecule has 0 saturated carbocycles. The third-order valence-corrected chi connectivity index (χ3v) is 7.29. The van der Waals surface area contributed by atoms with Gasteiger partial charge in [-0.25, -0.2) is 9.37 Å². The number of benzene rings is 3. The van der Waals surface area contributed by atoms with Gasteiger partial charge in [0, 0.05) is 5.56 Å². The van der Waals surface area contributed by atoms with E-state index in [9.17, 15) is 19.1 Å². The molecule has 0 spiro atoms. The highest BCUT2D eigenvalue weighted by molar-refractivity contribution is 7.22. The molecule has 6 nitrogen and oxygen atoms in total. The zero-order chi connectivity index (χ0) is 25.6. The smallest absolute Gasteiger partial charge is 0.301 e. The van der Waals surface area contributed by atoms with Gasteiger partial charge in [0.15, 0.2) is 5.13 Å². The summed E-state index contributed by atoms with van der Waals surface area (Å²) in [6, 6.07) is 17.5. The minimum absolute atomic E-state index is 0.0344. The molecule has 8 heteroatoms. The fraction of sp³-hybridized carbons (Fsp3) is 0.179. The number of ketones is 1. The summed E-state index contributed by atoms with van der Waals surface area (Å²) in [6.45, 7) is 4.15. The summed E-state index contributed by atoms with van der Waals surface area (Å²) in [7, 11) is 1.53. The number of hydrogen-bond donors (Lipinski definition) is 1. The first-order chi connectivity index (χ1) is 17.3. The number of rotatable bonds is 5. The molecule has 1 aliphatic rings. The Morgan fingerprint density at radius 1 is 1.06 bits per heavy atom. The van der Waals surface area contributed by atoms with Crippen molar-refractivity contribution in [1.29, 1.82) is 0 Å². The predicted molar refractivity (Wildman–Crippen MR) is 138 cm³/mol. The van der Waals surface area contributed by atoms with Crippen LogP contribution in [0.15, 0.2) is 72.3 Å². The zero-order valence-electron chi connectivity index (χ0n) is 19.9. The fourth-order valence-electron chi connectivity index (χ4n) is 4.30. The number of hydrogen-bond acceptors (Lipinski definition) is 6. The first kappa shape index (κ1) is 23.7. The Bertz CT molecular complexity index is 1510. The molecule has 36 heavy (non-hydrogen) atoms. The normalized spacial score (nSPS) is 17.4. The Kier molecular flexibility index (Phi) is 6.05. The summed E-state index contributed by atoms with van der Waals surface area (Å²) in [5.74, 6) is -1.43. The van der Waals surface area contributed by atoms with Crippen molar-refractivity contribution in [2.24, 2.45) is 0 Å². The number of aliphatic hydroxyl groups excluding tert-OH is 1. The SMILES string of the molecule is COc1ccc(/C(O)=C2\C(=O)C(=O)N(c3nc4ccc(F)cc4s3)[C@@H]2c2ccc(C(C)C)cc2)cc1. The monoisotopic (exact) mass is 502 g/mol. The number of anilines is 1. The second-order valence-corrected chi connectivity index (χ2v) is 9.84. The summed E-state index contributed by atoms with van der Waals surface area (Å²) in [5, 5.41) is 11.5. The maximum absolute atomic E-state index is 13.8.